The molecule has 0 bridgehead atoms. The predicted molar refractivity (Wildman–Crippen MR) is 61.1 cm³/mol. The summed E-state index contributed by atoms with van der Waals surface area (Å²) in [6, 6.07) is 10.1. The monoisotopic (exact) mass is 222 g/mol. The maximum absolute atomic E-state index is 9.50. The molecule has 1 aromatic rings. The standard InChI is InChI=1S/C13H18O3/c1-10-13(14)7-12(16-10)9-15-8-11-5-3-2-4-6-11/h2-6,10,12-14H,7-9H2,1H3/t10-,12-,13-/m0/s1. The zero-order chi connectivity index (χ0) is 11.4. The maximum atomic E-state index is 9.50. The summed E-state index contributed by atoms with van der Waals surface area (Å²) in [6.07, 6.45) is 0.306. The summed E-state index contributed by atoms with van der Waals surface area (Å²) in [5.41, 5.74) is 1.16. The lowest BCUT2D eigenvalue weighted by Crippen LogP contribution is -2.16. The van der Waals surface area contributed by atoms with Gasteiger partial charge in [-0.05, 0) is 12.5 Å². The van der Waals surface area contributed by atoms with Gasteiger partial charge < -0.3 is 14.6 Å². The Hall–Kier alpha value is -0.900. The van der Waals surface area contributed by atoms with Crippen LogP contribution in [0.1, 0.15) is 18.9 Å². The van der Waals surface area contributed by atoms with E-state index in [1.807, 2.05) is 37.3 Å². The smallest absolute Gasteiger partial charge is 0.0839 e. The van der Waals surface area contributed by atoms with Gasteiger partial charge in [-0.2, -0.15) is 0 Å². The molecule has 3 heteroatoms. The van der Waals surface area contributed by atoms with Crippen LogP contribution < -0.4 is 0 Å². The Balaban J connectivity index is 1.69. The summed E-state index contributed by atoms with van der Waals surface area (Å²) in [5, 5.41) is 9.50. The van der Waals surface area contributed by atoms with Crippen LogP contribution in [0, 0.1) is 0 Å². The molecule has 0 radical (unpaired) electrons. The van der Waals surface area contributed by atoms with Gasteiger partial charge in [-0.3, -0.25) is 0 Å². The van der Waals surface area contributed by atoms with Crippen LogP contribution in [-0.4, -0.2) is 30.0 Å². The lowest BCUT2D eigenvalue weighted by Gasteiger charge is -2.11. The van der Waals surface area contributed by atoms with Crippen LogP contribution >= 0.6 is 0 Å². The van der Waals surface area contributed by atoms with Crippen LogP contribution in [-0.2, 0) is 16.1 Å². The Morgan fingerprint density at radius 3 is 2.75 bits per heavy atom. The normalized spacial score (nSPS) is 29.5. The molecule has 1 aliphatic heterocycles. The van der Waals surface area contributed by atoms with E-state index in [2.05, 4.69) is 0 Å². The van der Waals surface area contributed by atoms with Gasteiger partial charge in [0.15, 0.2) is 0 Å². The first-order chi connectivity index (χ1) is 7.75. The van der Waals surface area contributed by atoms with Crippen LogP contribution in [0.15, 0.2) is 30.3 Å². The first-order valence-electron chi connectivity index (χ1n) is 5.71. The maximum Gasteiger partial charge on any atom is 0.0839 e. The highest BCUT2D eigenvalue weighted by molar-refractivity contribution is 5.13. The Kier molecular flexibility index (Phi) is 3.93. The SMILES string of the molecule is C[C@@H]1O[C@H](COCc2ccccc2)C[C@@H]1O. The molecule has 0 amide bonds. The van der Waals surface area contributed by atoms with Crippen LogP contribution in [0.2, 0.25) is 0 Å². The molecule has 3 atom stereocenters. The molecule has 1 fully saturated rings. The zero-order valence-electron chi connectivity index (χ0n) is 9.50. The molecule has 16 heavy (non-hydrogen) atoms. The molecule has 1 aromatic carbocycles. The Morgan fingerprint density at radius 1 is 1.38 bits per heavy atom. The van der Waals surface area contributed by atoms with Gasteiger partial charge in [-0.15, -0.1) is 0 Å². The van der Waals surface area contributed by atoms with Crippen molar-refractivity contribution in [3.63, 3.8) is 0 Å². The molecule has 2 rings (SSSR count). The zero-order valence-corrected chi connectivity index (χ0v) is 9.50. The number of ether oxygens (including phenoxy) is 2. The van der Waals surface area contributed by atoms with E-state index in [1.165, 1.54) is 0 Å². The van der Waals surface area contributed by atoms with E-state index < -0.39 is 0 Å². The number of benzene rings is 1. The van der Waals surface area contributed by atoms with Crippen molar-refractivity contribution in [1.29, 1.82) is 0 Å². The van der Waals surface area contributed by atoms with Crippen molar-refractivity contribution in [2.24, 2.45) is 0 Å². The van der Waals surface area contributed by atoms with Crippen molar-refractivity contribution in [3.05, 3.63) is 35.9 Å². The van der Waals surface area contributed by atoms with Gasteiger partial charge in [0.25, 0.3) is 0 Å². The highest BCUT2D eigenvalue weighted by Gasteiger charge is 2.30. The molecular weight excluding hydrogens is 204 g/mol. The molecule has 1 N–H and O–H groups in total. The van der Waals surface area contributed by atoms with Gasteiger partial charge in [0.1, 0.15) is 0 Å². The minimum absolute atomic E-state index is 0.0358. The van der Waals surface area contributed by atoms with Gasteiger partial charge >= 0.3 is 0 Å². The van der Waals surface area contributed by atoms with Gasteiger partial charge in [-0.1, -0.05) is 30.3 Å². The fourth-order valence-electron chi connectivity index (χ4n) is 1.90. The first-order valence-corrected chi connectivity index (χ1v) is 5.71. The van der Waals surface area contributed by atoms with E-state index >= 15 is 0 Å². The summed E-state index contributed by atoms with van der Waals surface area (Å²) >= 11 is 0. The van der Waals surface area contributed by atoms with Crippen LogP contribution in [0.25, 0.3) is 0 Å². The number of aliphatic hydroxyl groups is 1. The molecule has 88 valence electrons. The summed E-state index contributed by atoms with van der Waals surface area (Å²) in [5.74, 6) is 0. The average Bonchev–Trinajstić information content (AvgIpc) is 2.60. The molecule has 0 unspecified atom stereocenters. The lowest BCUT2D eigenvalue weighted by atomic mass is 10.1. The quantitative estimate of drug-likeness (QED) is 0.843. The molecular formula is C13H18O3. The minimum Gasteiger partial charge on any atom is -0.390 e. The van der Waals surface area contributed by atoms with Crippen LogP contribution in [0.5, 0.6) is 0 Å². The van der Waals surface area contributed by atoms with E-state index in [4.69, 9.17) is 9.47 Å². The fraction of sp³-hybridized carbons (Fsp3) is 0.538. The van der Waals surface area contributed by atoms with E-state index in [0.717, 1.165) is 5.56 Å². The van der Waals surface area contributed by atoms with E-state index in [0.29, 0.717) is 19.6 Å². The molecule has 1 saturated heterocycles. The third-order valence-corrected chi connectivity index (χ3v) is 2.87. The third-order valence-electron chi connectivity index (χ3n) is 2.87. The fourth-order valence-corrected chi connectivity index (χ4v) is 1.90. The lowest BCUT2D eigenvalue weighted by molar-refractivity contribution is -0.0238. The number of hydrogen-bond donors (Lipinski definition) is 1. The van der Waals surface area contributed by atoms with E-state index in [9.17, 15) is 5.11 Å². The van der Waals surface area contributed by atoms with Crippen molar-refractivity contribution >= 4 is 0 Å². The highest BCUT2D eigenvalue weighted by atomic mass is 16.6. The van der Waals surface area contributed by atoms with Gasteiger partial charge in [0, 0.05) is 6.42 Å². The second-order valence-corrected chi connectivity index (χ2v) is 4.27. The second-order valence-electron chi connectivity index (χ2n) is 4.27. The van der Waals surface area contributed by atoms with Crippen molar-refractivity contribution < 1.29 is 14.6 Å². The second kappa shape index (κ2) is 5.43. The molecule has 3 nitrogen and oxygen atoms in total. The topological polar surface area (TPSA) is 38.7 Å². The molecule has 0 aromatic heterocycles. The summed E-state index contributed by atoms with van der Waals surface area (Å²) in [6.45, 7) is 3.04. The number of aliphatic hydroxyl groups excluding tert-OH is 1. The number of hydrogen-bond acceptors (Lipinski definition) is 3. The minimum atomic E-state index is -0.342. The van der Waals surface area contributed by atoms with Crippen LogP contribution in [0.3, 0.4) is 0 Å². The predicted octanol–water partition coefficient (Wildman–Crippen LogP) is 1.74. The average molecular weight is 222 g/mol. The summed E-state index contributed by atoms with van der Waals surface area (Å²) in [7, 11) is 0. The van der Waals surface area contributed by atoms with Gasteiger partial charge in [-0.25, -0.2) is 0 Å². The summed E-state index contributed by atoms with van der Waals surface area (Å²) < 4.78 is 11.1. The third kappa shape index (κ3) is 3.04. The van der Waals surface area contributed by atoms with E-state index in [-0.39, 0.29) is 18.3 Å². The summed E-state index contributed by atoms with van der Waals surface area (Å²) in [4.78, 5) is 0. The molecule has 0 aliphatic carbocycles. The molecule has 0 spiro atoms. The van der Waals surface area contributed by atoms with Crippen molar-refractivity contribution in [2.75, 3.05) is 6.61 Å². The molecule has 1 aliphatic rings. The highest BCUT2D eigenvalue weighted by Crippen LogP contribution is 2.20. The van der Waals surface area contributed by atoms with Crippen molar-refractivity contribution in [1.82, 2.24) is 0 Å². The number of rotatable bonds is 4. The van der Waals surface area contributed by atoms with Crippen molar-refractivity contribution in [2.45, 2.75) is 38.3 Å². The molecule has 1 heterocycles. The largest absolute Gasteiger partial charge is 0.390 e. The van der Waals surface area contributed by atoms with E-state index in [1.54, 1.807) is 0 Å². The van der Waals surface area contributed by atoms with Crippen LogP contribution in [0.4, 0.5) is 0 Å². The van der Waals surface area contributed by atoms with Gasteiger partial charge in [0.2, 0.25) is 0 Å². The Labute approximate surface area is 96.0 Å². The van der Waals surface area contributed by atoms with Gasteiger partial charge in [0.05, 0.1) is 31.5 Å². The first kappa shape index (κ1) is 11.6. The molecule has 0 saturated carbocycles. The Bertz CT molecular complexity index is 302. The van der Waals surface area contributed by atoms with Crippen molar-refractivity contribution in [3.8, 4) is 0 Å². The Morgan fingerprint density at radius 2 is 2.12 bits per heavy atom.